The Kier molecular flexibility index (Phi) is 7.36. The van der Waals surface area contributed by atoms with E-state index in [4.69, 9.17) is 4.74 Å². The summed E-state index contributed by atoms with van der Waals surface area (Å²) in [6, 6.07) is 20.9. The van der Waals surface area contributed by atoms with E-state index in [-0.39, 0.29) is 12.4 Å². The van der Waals surface area contributed by atoms with Crippen molar-refractivity contribution in [3.63, 3.8) is 0 Å². The van der Waals surface area contributed by atoms with E-state index < -0.39 is 6.10 Å². The van der Waals surface area contributed by atoms with Gasteiger partial charge in [-0.05, 0) is 47.8 Å². The number of rotatable bonds is 10. The van der Waals surface area contributed by atoms with Crippen LogP contribution in [0.4, 0.5) is 0 Å². The summed E-state index contributed by atoms with van der Waals surface area (Å²) < 4.78 is 7.70. The van der Waals surface area contributed by atoms with Gasteiger partial charge in [0.15, 0.2) is 16.8 Å². The number of Topliss-reactive ketones (excluding diaryl/α,β-unsaturated/α-hetero) is 1. The maximum absolute atomic E-state index is 11.7. The molecule has 0 aliphatic carbocycles. The molecule has 2 aromatic heterocycles. The lowest BCUT2D eigenvalue weighted by atomic mass is 10.1. The maximum atomic E-state index is 11.7. The number of ketones is 1. The Morgan fingerprint density at radius 1 is 1.09 bits per heavy atom. The lowest BCUT2D eigenvalue weighted by molar-refractivity contribution is 0.0987. The summed E-state index contributed by atoms with van der Waals surface area (Å²) in [5.74, 6) is 1.90. The number of nitrogens with zero attached hydrogens (tertiary/aromatic N) is 3. The van der Waals surface area contributed by atoms with Gasteiger partial charge in [-0.25, -0.2) is 0 Å². The highest BCUT2D eigenvalue weighted by molar-refractivity contribution is 7.99. The van der Waals surface area contributed by atoms with Crippen molar-refractivity contribution in [2.24, 2.45) is 0 Å². The second-order valence-corrected chi connectivity index (χ2v) is 8.97. The first kappa shape index (κ1) is 22.3. The Morgan fingerprint density at radius 3 is 2.56 bits per heavy atom. The van der Waals surface area contributed by atoms with Crippen LogP contribution < -0.4 is 4.74 Å². The van der Waals surface area contributed by atoms with Gasteiger partial charge in [-0.1, -0.05) is 43.0 Å². The largest absolute Gasteiger partial charge is 0.491 e. The molecule has 0 fully saturated rings. The van der Waals surface area contributed by atoms with Crippen LogP contribution in [0.3, 0.4) is 0 Å². The minimum absolute atomic E-state index is 0.0948. The third-order valence-corrected chi connectivity index (χ3v) is 6.67. The number of carbonyl (C=O) groups excluding carboxylic acids is 1. The molecule has 0 radical (unpaired) electrons. The van der Waals surface area contributed by atoms with Crippen LogP contribution in [0.2, 0.25) is 0 Å². The van der Waals surface area contributed by atoms with Gasteiger partial charge in [-0.3, -0.25) is 9.36 Å². The number of para-hydroxylation sites is 1. The van der Waals surface area contributed by atoms with Gasteiger partial charge in [0.2, 0.25) is 0 Å². The molecule has 0 aliphatic rings. The normalized spacial score (nSPS) is 11.9. The summed E-state index contributed by atoms with van der Waals surface area (Å²) in [6.07, 6.45) is -0.221. The van der Waals surface area contributed by atoms with E-state index in [1.54, 1.807) is 35.6 Å². The van der Waals surface area contributed by atoms with E-state index >= 15 is 0 Å². The van der Waals surface area contributed by atoms with Gasteiger partial charge in [0.25, 0.3) is 0 Å². The molecule has 0 amide bonds. The molecule has 1 unspecified atom stereocenters. The van der Waals surface area contributed by atoms with Crippen molar-refractivity contribution in [1.29, 1.82) is 0 Å². The Bertz CT molecular complexity index is 1140. The molecular formula is C24H23N3O3S2. The van der Waals surface area contributed by atoms with Crippen molar-refractivity contribution in [2.45, 2.75) is 24.6 Å². The number of thioether (sulfide) groups is 1. The fraction of sp³-hybridized carbons (Fsp3) is 0.208. The monoisotopic (exact) mass is 465 g/mol. The predicted molar refractivity (Wildman–Crippen MR) is 128 cm³/mol. The third kappa shape index (κ3) is 5.27. The molecule has 164 valence electrons. The summed E-state index contributed by atoms with van der Waals surface area (Å²) in [5.41, 5.74) is 1.63. The van der Waals surface area contributed by atoms with Gasteiger partial charge in [0.05, 0.1) is 11.0 Å². The first-order chi connectivity index (χ1) is 15.7. The highest BCUT2D eigenvalue weighted by Crippen LogP contribution is 2.30. The van der Waals surface area contributed by atoms with Gasteiger partial charge in [-0.2, -0.15) is 0 Å². The third-order valence-electron chi connectivity index (χ3n) is 4.73. The zero-order chi connectivity index (χ0) is 22.3. The van der Waals surface area contributed by atoms with E-state index in [0.29, 0.717) is 28.6 Å². The highest BCUT2D eigenvalue weighted by atomic mass is 32.2. The number of aliphatic hydroxyl groups excluding tert-OH is 1. The summed E-state index contributed by atoms with van der Waals surface area (Å²) in [6.45, 7) is 1.98. The zero-order valence-corrected chi connectivity index (χ0v) is 19.2. The van der Waals surface area contributed by atoms with Gasteiger partial charge in [-0.15, -0.1) is 21.5 Å². The van der Waals surface area contributed by atoms with E-state index in [2.05, 4.69) is 10.2 Å². The smallest absolute Gasteiger partial charge is 0.196 e. The van der Waals surface area contributed by atoms with Crippen LogP contribution in [0.1, 0.15) is 23.7 Å². The molecule has 2 aromatic carbocycles. The molecule has 32 heavy (non-hydrogen) atoms. The van der Waals surface area contributed by atoms with Crippen molar-refractivity contribution in [3.05, 3.63) is 77.7 Å². The van der Waals surface area contributed by atoms with Crippen molar-refractivity contribution in [2.75, 3.05) is 12.4 Å². The van der Waals surface area contributed by atoms with Crippen LogP contribution in [-0.2, 0) is 0 Å². The van der Waals surface area contributed by atoms with Gasteiger partial charge in [0, 0.05) is 23.4 Å². The molecule has 2 heterocycles. The van der Waals surface area contributed by atoms with E-state index in [1.807, 2.05) is 59.3 Å². The van der Waals surface area contributed by atoms with Crippen LogP contribution in [-0.4, -0.2) is 44.1 Å². The topological polar surface area (TPSA) is 77.2 Å². The fourth-order valence-corrected chi connectivity index (χ4v) is 4.65. The van der Waals surface area contributed by atoms with E-state index in [0.717, 1.165) is 16.4 Å². The minimum Gasteiger partial charge on any atom is -0.491 e. The average Bonchev–Trinajstić information content (AvgIpc) is 3.51. The molecule has 0 aliphatic heterocycles. The number of ether oxygens (including phenoxy) is 1. The molecule has 1 atom stereocenters. The van der Waals surface area contributed by atoms with E-state index in [9.17, 15) is 9.90 Å². The minimum atomic E-state index is -0.692. The molecule has 0 saturated heterocycles. The molecule has 0 bridgehead atoms. The zero-order valence-electron chi connectivity index (χ0n) is 17.5. The molecular weight excluding hydrogens is 442 g/mol. The summed E-state index contributed by atoms with van der Waals surface area (Å²) in [4.78, 5) is 12.8. The lowest BCUT2D eigenvalue weighted by Gasteiger charge is -2.13. The van der Waals surface area contributed by atoms with Crippen molar-refractivity contribution >= 4 is 28.9 Å². The van der Waals surface area contributed by atoms with Crippen molar-refractivity contribution in [1.82, 2.24) is 14.8 Å². The number of carbonyl (C=O) groups is 1. The molecule has 0 spiro atoms. The molecule has 4 rings (SSSR count). The Labute approximate surface area is 194 Å². The van der Waals surface area contributed by atoms with Crippen LogP contribution >= 0.6 is 23.1 Å². The first-order valence-corrected chi connectivity index (χ1v) is 12.1. The van der Waals surface area contributed by atoms with Gasteiger partial charge >= 0.3 is 0 Å². The fourth-order valence-electron chi connectivity index (χ4n) is 3.09. The Morgan fingerprint density at radius 2 is 1.88 bits per heavy atom. The molecule has 1 N–H and O–H groups in total. The van der Waals surface area contributed by atoms with Crippen molar-refractivity contribution < 1.29 is 14.6 Å². The lowest BCUT2D eigenvalue weighted by Crippen LogP contribution is -2.20. The molecule has 4 aromatic rings. The number of benzene rings is 2. The summed E-state index contributed by atoms with van der Waals surface area (Å²) >= 11 is 3.04. The number of hydrogen-bond acceptors (Lipinski definition) is 7. The predicted octanol–water partition coefficient (Wildman–Crippen LogP) is 5.12. The number of aliphatic hydroxyl groups is 1. The van der Waals surface area contributed by atoms with Gasteiger partial charge in [0.1, 0.15) is 12.4 Å². The quantitative estimate of drug-likeness (QED) is 0.259. The summed E-state index contributed by atoms with van der Waals surface area (Å²) in [7, 11) is 0. The van der Waals surface area contributed by atoms with Gasteiger partial charge < -0.3 is 9.84 Å². The SMILES string of the molecule is CCC(=O)c1ccc(OCC(O)CSc2nnc(-c3cccs3)n2-c2ccccc2)cc1. The highest BCUT2D eigenvalue weighted by Gasteiger charge is 2.18. The Balaban J connectivity index is 1.41. The van der Waals surface area contributed by atoms with Crippen LogP contribution in [0.15, 0.2) is 77.3 Å². The number of thiophene rings is 1. The molecule has 8 heteroatoms. The second-order valence-electron chi connectivity index (χ2n) is 7.03. The second kappa shape index (κ2) is 10.6. The van der Waals surface area contributed by atoms with E-state index in [1.165, 1.54) is 11.8 Å². The summed E-state index contributed by atoms with van der Waals surface area (Å²) in [5, 5.41) is 21.9. The maximum Gasteiger partial charge on any atom is 0.196 e. The first-order valence-electron chi connectivity index (χ1n) is 10.3. The van der Waals surface area contributed by atoms with Crippen molar-refractivity contribution in [3.8, 4) is 22.1 Å². The standard InChI is InChI=1S/C24H23N3O3S2/c1-2-21(29)17-10-12-20(13-11-17)30-15-19(28)16-32-24-26-25-23(22-9-6-14-31-22)27(24)18-7-4-3-5-8-18/h3-14,19,28H,2,15-16H2,1H3. The average molecular weight is 466 g/mol. The Hall–Kier alpha value is -2.94. The number of aromatic nitrogens is 3. The van der Waals surface area contributed by atoms with Crippen LogP contribution in [0, 0.1) is 0 Å². The molecule has 6 nitrogen and oxygen atoms in total. The molecule has 0 saturated carbocycles. The number of hydrogen-bond donors (Lipinski definition) is 1. The van der Waals surface area contributed by atoms with Crippen LogP contribution in [0.5, 0.6) is 5.75 Å². The van der Waals surface area contributed by atoms with Crippen LogP contribution in [0.25, 0.3) is 16.4 Å².